The lowest BCUT2D eigenvalue weighted by Crippen LogP contribution is -2.26. The molecule has 1 atom stereocenters. The Hall–Kier alpha value is -1.25. The maximum absolute atomic E-state index is 6.29. The molecule has 19 heavy (non-hydrogen) atoms. The van der Waals surface area contributed by atoms with Gasteiger partial charge < -0.3 is 10.5 Å². The lowest BCUT2D eigenvalue weighted by Gasteiger charge is -2.27. The SMILES string of the molecule is COc1ccc2cc([C@@H](N)C(C)(C)C)ccc2c1.Cl. The van der Waals surface area contributed by atoms with Gasteiger partial charge in [0.25, 0.3) is 0 Å². The van der Waals surface area contributed by atoms with E-state index in [1.54, 1.807) is 7.11 Å². The fourth-order valence-corrected chi connectivity index (χ4v) is 2.06. The molecular weight excluding hydrogens is 258 g/mol. The smallest absolute Gasteiger partial charge is 0.119 e. The quantitative estimate of drug-likeness (QED) is 0.889. The van der Waals surface area contributed by atoms with Gasteiger partial charge >= 0.3 is 0 Å². The summed E-state index contributed by atoms with van der Waals surface area (Å²) >= 11 is 0. The van der Waals surface area contributed by atoms with E-state index >= 15 is 0 Å². The Balaban J connectivity index is 0.00000180. The molecule has 2 aromatic carbocycles. The van der Waals surface area contributed by atoms with Gasteiger partial charge in [-0.3, -0.25) is 0 Å². The van der Waals surface area contributed by atoms with Crippen LogP contribution >= 0.6 is 12.4 Å². The van der Waals surface area contributed by atoms with Crippen LogP contribution in [0.15, 0.2) is 36.4 Å². The van der Waals surface area contributed by atoms with E-state index in [1.165, 1.54) is 16.3 Å². The van der Waals surface area contributed by atoms with Crippen molar-refractivity contribution in [2.75, 3.05) is 7.11 Å². The molecule has 0 aliphatic carbocycles. The molecule has 3 heteroatoms. The average molecular weight is 280 g/mol. The highest BCUT2D eigenvalue weighted by molar-refractivity contribution is 5.85. The lowest BCUT2D eigenvalue weighted by molar-refractivity contribution is 0.327. The Morgan fingerprint density at radius 3 is 2.16 bits per heavy atom. The zero-order chi connectivity index (χ0) is 13.3. The van der Waals surface area contributed by atoms with Crippen molar-refractivity contribution in [3.05, 3.63) is 42.0 Å². The highest BCUT2D eigenvalue weighted by atomic mass is 35.5. The molecule has 0 aliphatic rings. The van der Waals surface area contributed by atoms with Gasteiger partial charge in [0.1, 0.15) is 5.75 Å². The summed E-state index contributed by atoms with van der Waals surface area (Å²) in [7, 11) is 1.69. The Bertz CT molecular complexity index is 560. The van der Waals surface area contributed by atoms with Crippen LogP contribution < -0.4 is 10.5 Å². The Morgan fingerprint density at radius 1 is 1.00 bits per heavy atom. The van der Waals surface area contributed by atoms with E-state index in [-0.39, 0.29) is 23.9 Å². The largest absolute Gasteiger partial charge is 0.497 e. The molecule has 2 aromatic rings. The van der Waals surface area contributed by atoms with E-state index in [0.717, 1.165) is 5.75 Å². The molecule has 0 amide bonds. The molecule has 2 N–H and O–H groups in total. The predicted molar refractivity (Wildman–Crippen MR) is 84.1 cm³/mol. The van der Waals surface area contributed by atoms with Crippen LogP contribution in [-0.2, 0) is 0 Å². The van der Waals surface area contributed by atoms with Crippen molar-refractivity contribution < 1.29 is 4.74 Å². The fourth-order valence-electron chi connectivity index (χ4n) is 2.06. The van der Waals surface area contributed by atoms with Crippen LogP contribution in [0.3, 0.4) is 0 Å². The molecule has 0 saturated carbocycles. The minimum Gasteiger partial charge on any atom is -0.497 e. The molecular formula is C16H22ClNO. The second kappa shape index (κ2) is 5.81. The number of methoxy groups -OCH3 is 1. The van der Waals surface area contributed by atoms with Crippen molar-refractivity contribution in [3.8, 4) is 5.75 Å². The van der Waals surface area contributed by atoms with Crippen LogP contribution in [0.1, 0.15) is 32.4 Å². The third-order valence-electron chi connectivity index (χ3n) is 3.36. The summed E-state index contributed by atoms with van der Waals surface area (Å²) in [5, 5.41) is 2.38. The van der Waals surface area contributed by atoms with Gasteiger partial charge in [0.2, 0.25) is 0 Å². The maximum atomic E-state index is 6.29. The first kappa shape index (κ1) is 15.8. The highest BCUT2D eigenvalue weighted by Crippen LogP contribution is 2.32. The summed E-state index contributed by atoms with van der Waals surface area (Å²) < 4.78 is 5.23. The molecule has 0 saturated heterocycles. The first-order valence-electron chi connectivity index (χ1n) is 6.25. The third-order valence-corrected chi connectivity index (χ3v) is 3.36. The number of nitrogens with two attached hydrogens (primary N) is 1. The molecule has 0 aliphatic heterocycles. The van der Waals surface area contributed by atoms with Gasteiger partial charge in [-0.15, -0.1) is 12.4 Å². The number of rotatable bonds is 2. The summed E-state index contributed by atoms with van der Waals surface area (Å²) in [6.07, 6.45) is 0. The molecule has 0 bridgehead atoms. The second-order valence-corrected chi connectivity index (χ2v) is 5.82. The number of fused-ring (bicyclic) bond motifs is 1. The maximum Gasteiger partial charge on any atom is 0.119 e. The lowest BCUT2D eigenvalue weighted by atomic mass is 9.82. The Labute approximate surface area is 121 Å². The zero-order valence-corrected chi connectivity index (χ0v) is 12.8. The summed E-state index contributed by atoms with van der Waals surface area (Å²) in [5.74, 6) is 0.885. The van der Waals surface area contributed by atoms with Gasteiger partial charge in [0.05, 0.1) is 7.11 Å². The van der Waals surface area contributed by atoms with E-state index in [1.807, 2.05) is 12.1 Å². The van der Waals surface area contributed by atoms with Gasteiger partial charge in [0.15, 0.2) is 0 Å². The average Bonchev–Trinajstić information content (AvgIpc) is 2.35. The van der Waals surface area contributed by atoms with E-state index in [2.05, 4.69) is 45.0 Å². The topological polar surface area (TPSA) is 35.2 Å². The second-order valence-electron chi connectivity index (χ2n) is 5.82. The van der Waals surface area contributed by atoms with Crippen molar-refractivity contribution in [2.45, 2.75) is 26.8 Å². The highest BCUT2D eigenvalue weighted by Gasteiger charge is 2.22. The first-order valence-corrected chi connectivity index (χ1v) is 6.25. The van der Waals surface area contributed by atoms with Crippen molar-refractivity contribution in [3.63, 3.8) is 0 Å². The number of benzene rings is 2. The first-order chi connectivity index (χ1) is 8.41. The van der Waals surface area contributed by atoms with Crippen molar-refractivity contribution in [1.82, 2.24) is 0 Å². The van der Waals surface area contributed by atoms with Crippen LogP contribution in [0.25, 0.3) is 10.8 Å². The number of ether oxygens (including phenoxy) is 1. The summed E-state index contributed by atoms with van der Waals surface area (Å²) in [6, 6.07) is 12.5. The third kappa shape index (κ3) is 3.40. The van der Waals surface area contributed by atoms with Gasteiger partial charge in [-0.1, -0.05) is 39.0 Å². The fraction of sp³-hybridized carbons (Fsp3) is 0.375. The van der Waals surface area contributed by atoms with Crippen LogP contribution in [-0.4, -0.2) is 7.11 Å². The van der Waals surface area contributed by atoms with Crippen LogP contribution in [0.5, 0.6) is 5.75 Å². The van der Waals surface area contributed by atoms with Crippen molar-refractivity contribution >= 4 is 23.2 Å². The summed E-state index contributed by atoms with van der Waals surface area (Å²) in [4.78, 5) is 0. The van der Waals surface area contributed by atoms with Crippen molar-refractivity contribution in [1.29, 1.82) is 0 Å². The molecule has 104 valence electrons. The van der Waals surface area contributed by atoms with Gasteiger partial charge in [-0.2, -0.15) is 0 Å². The van der Waals surface area contributed by atoms with E-state index in [4.69, 9.17) is 10.5 Å². The van der Waals surface area contributed by atoms with Crippen molar-refractivity contribution in [2.24, 2.45) is 11.1 Å². The minimum atomic E-state index is 0. The van der Waals surface area contributed by atoms with E-state index in [9.17, 15) is 0 Å². The van der Waals surface area contributed by atoms with Gasteiger partial charge in [-0.25, -0.2) is 0 Å². The normalized spacial score (nSPS) is 12.9. The number of hydrogen-bond donors (Lipinski definition) is 1. The predicted octanol–water partition coefficient (Wildman–Crippen LogP) is 4.32. The van der Waals surface area contributed by atoms with E-state index < -0.39 is 0 Å². The molecule has 0 unspecified atom stereocenters. The van der Waals surface area contributed by atoms with Gasteiger partial charge in [-0.05, 0) is 39.9 Å². The molecule has 0 aromatic heterocycles. The molecule has 0 spiro atoms. The molecule has 2 rings (SSSR count). The van der Waals surface area contributed by atoms with E-state index in [0.29, 0.717) is 0 Å². The molecule has 2 nitrogen and oxygen atoms in total. The number of halogens is 1. The van der Waals surface area contributed by atoms with Crippen LogP contribution in [0, 0.1) is 5.41 Å². The van der Waals surface area contributed by atoms with Gasteiger partial charge in [0, 0.05) is 6.04 Å². The standard InChI is InChI=1S/C16H21NO.ClH/c1-16(2,3)15(17)13-6-5-12-10-14(18-4)8-7-11(12)9-13;/h5-10,15H,17H2,1-4H3;1H/t15-;/m1./s1. The Kier molecular flexibility index (Phi) is 4.83. The number of hydrogen-bond acceptors (Lipinski definition) is 2. The van der Waals surface area contributed by atoms with Crippen LogP contribution in [0.4, 0.5) is 0 Å². The minimum absolute atomic E-state index is 0. The molecule has 0 radical (unpaired) electrons. The molecule has 0 heterocycles. The van der Waals surface area contributed by atoms with Crippen LogP contribution in [0.2, 0.25) is 0 Å². The molecule has 0 fully saturated rings. The zero-order valence-electron chi connectivity index (χ0n) is 11.9. The summed E-state index contributed by atoms with van der Waals surface area (Å²) in [5.41, 5.74) is 7.54. The monoisotopic (exact) mass is 279 g/mol. The Morgan fingerprint density at radius 2 is 1.58 bits per heavy atom. The summed E-state index contributed by atoms with van der Waals surface area (Å²) in [6.45, 7) is 6.49.